The Morgan fingerprint density at radius 1 is 1.29 bits per heavy atom. The third-order valence-corrected chi connectivity index (χ3v) is 3.52. The molecule has 0 bridgehead atoms. The SMILES string of the molecule is CN(C)c1ccc(C(=O)N2CC[C@H](NC(=O)OC(C)(C)C)C2)nn1. The summed E-state index contributed by atoms with van der Waals surface area (Å²) in [5, 5.41) is 10.8. The van der Waals surface area contributed by atoms with Gasteiger partial charge >= 0.3 is 6.09 Å². The van der Waals surface area contributed by atoms with Crippen LogP contribution in [0.3, 0.4) is 0 Å². The minimum Gasteiger partial charge on any atom is -0.444 e. The summed E-state index contributed by atoms with van der Waals surface area (Å²) in [4.78, 5) is 27.7. The quantitative estimate of drug-likeness (QED) is 0.895. The smallest absolute Gasteiger partial charge is 0.407 e. The minimum absolute atomic E-state index is 0.113. The van der Waals surface area contributed by atoms with Gasteiger partial charge in [-0.3, -0.25) is 4.79 Å². The molecule has 0 spiro atoms. The molecule has 1 saturated heterocycles. The molecular weight excluding hydrogens is 310 g/mol. The molecule has 2 heterocycles. The lowest BCUT2D eigenvalue weighted by molar-refractivity contribution is 0.0502. The molecule has 0 saturated carbocycles. The van der Waals surface area contributed by atoms with Crippen molar-refractivity contribution in [3.8, 4) is 0 Å². The van der Waals surface area contributed by atoms with Crippen LogP contribution in [0.5, 0.6) is 0 Å². The van der Waals surface area contributed by atoms with E-state index in [-0.39, 0.29) is 11.9 Å². The Morgan fingerprint density at radius 2 is 2.00 bits per heavy atom. The monoisotopic (exact) mass is 335 g/mol. The molecule has 1 aromatic rings. The predicted molar refractivity (Wildman–Crippen MR) is 90.0 cm³/mol. The molecule has 0 aromatic carbocycles. The molecule has 132 valence electrons. The second-order valence-corrected chi connectivity index (χ2v) is 7.05. The van der Waals surface area contributed by atoms with E-state index in [1.807, 2.05) is 39.8 Å². The molecule has 1 aromatic heterocycles. The lowest BCUT2D eigenvalue weighted by atomic mass is 10.2. The van der Waals surface area contributed by atoms with E-state index in [4.69, 9.17) is 4.74 Å². The van der Waals surface area contributed by atoms with E-state index in [1.54, 1.807) is 17.0 Å². The van der Waals surface area contributed by atoms with E-state index in [0.29, 0.717) is 31.0 Å². The summed E-state index contributed by atoms with van der Waals surface area (Å²) in [6.45, 7) is 6.44. The van der Waals surface area contributed by atoms with Crippen molar-refractivity contribution < 1.29 is 14.3 Å². The summed E-state index contributed by atoms with van der Waals surface area (Å²) in [5.74, 6) is 0.513. The first kappa shape index (κ1) is 18.0. The van der Waals surface area contributed by atoms with Gasteiger partial charge in [0.05, 0.1) is 6.04 Å². The number of ether oxygens (including phenoxy) is 1. The highest BCUT2D eigenvalue weighted by Crippen LogP contribution is 2.15. The Bertz CT molecular complexity index is 595. The highest BCUT2D eigenvalue weighted by molar-refractivity contribution is 5.92. The number of hydrogen-bond acceptors (Lipinski definition) is 6. The summed E-state index contributed by atoms with van der Waals surface area (Å²) in [6.07, 6.45) is 0.228. The van der Waals surface area contributed by atoms with Crippen molar-refractivity contribution >= 4 is 17.8 Å². The molecule has 0 unspecified atom stereocenters. The maximum absolute atomic E-state index is 12.5. The van der Waals surface area contributed by atoms with Crippen LogP contribution in [0.2, 0.25) is 0 Å². The van der Waals surface area contributed by atoms with Crippen molar-refractivity contribution in [3.05, 3.63) is 17.8 Å². The third-order valence-electron chi connectivity index (χ3n) is 3.52. The zero-order valence-electron chi connectivity index (χ0n) is 14.9. The van der Waals surface area contributed by atoms with Crippen molar-refractivity contribution in [3.63, 3.8) is 0 Å². The number of rotatable bonds is 3. The predicted octanol–water partition coefficient (Wildman–Crippen LogP) is 1.28. The fraction of sp³-hybridized carbons (Fsp3) is 0.625. The summed E-state index contributed by atoms with van der Waals surface area (Å²) in [7, 11) is 3.72. The van der Waals surface area contributed by atoms with Gasteiger partial charge in [0.1, 0.15) is 5.60 Å². The van der Waals surface area contributed by atoms with E-state index in [1.165, 1.54) is 0 Å². The average Bonchev–Trinajstić information content (AvgIpc) is 2.92. The molecule has 1 aliphatic heterocycles. The second-order valence-electron chi connectivity index (χ2n) is 7.05. The number of alkyl carbamates (subject to hydrolysis) is 1. The van der Waals surface area contributed by atoms with E-state index in [9.17, 15) is 9.59 Å². The molecule has 1 atom stereocenters. The van der Waals surface area contributed by atoms with E-state index >= 15 is 0 Å². The van der Waals surface area contributed by atoms with Crippen LogP contribution in [0.15, 0.2) is 12.1 Å². The lowest BCUT2D eigenvalue weighted by Crippen LogP contribution is -2.41. The fourth-order valence-electron chi connectivity index (χ4n) is 2.38. The van der Waals surface area contributed by atoms with Gasteiger partial charge < -0.3 is 19.9 Å². The van der Waals surface area contributed by atoms with Crippen molar-refractivity contribution in [2.45, 2.75) is 38.8 Å². The van der Waals surface area contributed by atoms with Gasteiger partial charge in [-0.1, -0.05) is 0 Å². The Kier molecular flexibility index (Phi) is 5.26. The van der Waals surface area contributed by atoms with Crippen LogP contribution < -0.4 is 10.2 Å². The zero-order chi connectivity index (χ0) is 17.9. The standard InChI is InChI=1S/C16H25N5O3/c1-16(2,3)24-15(23)17-11-8-9-21(10-11)14(22)12-6-7-13(19-18-12)20(4)5/h6-7,11H,8-10H2,1-5H3,(H,17,23)/t11-/m0/s1. The number of aromatic nitrogens is 2. The molecule has 24 heavy (non-hydrogen) atoms. The van der Waals surface area contributed by atoms with Crippen LogP contribution in [-0.2, 0) is 4.74 Å². The molecule has 2 amide bonds. The highest BCUT2D eigenvalue weighted by atomic mass is 16.6. The fourth-order valence-corrected chi connectivity index (χ4v) is 2.38. The Labute approximate surface area is 142 Å². The van der Waals surface area contributed by atoms with Crippen LogP contribution in [0.4, 0.5) is 10.6 Å². The summed E-state index contributed by atoms with van der Waals surface area (Å²) in [5.41, 5.74) is -0.236. The molecule has 1 fully saturated rings. The van der Waals surface area contributed by atoms with Gasteiger partial charge in [-0.2, -0.15) is 0 Å². The number of carbonyl (C=O) groups excluding carboxylic acids is 2. The number of anilines is 1. The van der Waals surface area contributed by atoms with Gasteiger partial charge in [-0.05, 0) is 39.3 Å². The van der Waals surface area contributed by atoms with Crippen LogP contribution >= 0.6 is 0 Å². The Morgan fingerprint density at radius 3 is 2.54 bits per heavy atom. The van der Waals surface area contributed by atoms with Gasteiger partial charge in [0.25, 0.3) is 5.91 Å². The molecule has 2 rings (SSSR count). The summed E-state index contributed by atoms with van der Waals surface area (Å²) in [6, 6.07) is 3.31. The molecule has 0 aliphatic carbocycles. The largest absolute Gasteiger partial charge is 0.444 e. The van der Waals surface area contributed by atoms with Crippen LogP contribution in [0.25, 0.3) is 0 Å². The average molecular weight is 335 g/mol. The van der Waals surface area contributed by atoms with Gasteiger partial charge in [0, 0.05) is 27.2 Å². The molecule has 1 N–H and O–H groups in total. The molecule has 8 nitrogen and oxygen atoms in total. The van der Waals surface area contributed by atoms with Gasteiger partial charge in [-0.15, -0.1) is 10.2 Å². The van der Waals surface area contributed by atoms with E-state index in [0.717, 1.165) is 0 Å². The summed E-state index contributed by atoms with van der Waals surface area (Å²) < 4.78 is 5.24. The summed E-state index contributed by atoms with van der Waals surface area (Å²) >= 11 is 0. The van der Waals surface area contributed by atoms with Crippen LogP contribution in [-0.4, -0.2) is 65.9 Å². The number of amides is 2. The molecule has 8 heteroatoms. The number of likely N-dealkylation sites (tertiary alicyclic amines) is 1. The number of carbonyl (C=O) groups is 2. The maximum Gasteiger partial charge on any atom is 0.407 e. The van der Waals surface area contributed by atoms with Gasteiger partial charge in [0.2, 0.25) is 0 Å². The highest BCUT2D eigenvalue weighted by Gasteiger charge is 2.30. The normalized spacial score (nSPS) is 17.5. The van der Waals surface area contributed by atoms with Crippen molar-refractivity contribution in [2.24, 2.45) is 0 Å². The molecule has 1 aliphatic rings. The van der Waals surface area contributed by atoms with Gasteiger partial charge in [-0.25, -0.2) is 4.79 Å². The van der Waals surface area contributed by atoms with Crippen molar-refractivity contribution in [1.29, 1.82) is 0 Å². The maximum atomic E-state index is 12.5. The number of hydrogen-bond donors (Lipinski definition) is 1. The first-order valence-corrected chi connectivity index (χ1v) is 7.95. The first-order chi connectivity index (χ1) is 11.2. The van der Waals surface area contributed by atoms with Crippen molar-refractivity contribution in [2.75, 3.05) is 32.1 Å². The third kappa shape index (κ3) is 4.81. The zero-order valence-corrected chi connectivity index (χ0v) is 14.9. The number of nitrogens with zero attached hydrogens (tertiary/aromatic N) is 4. The Balaban J connectivity index is 1.90. The van der Waals surface area contributed by atoms with Crippen LogP contribution in [0, 0.1) is 0 Å². The Hall–Kier alpha value is -2.38. The molecule has 0 radical (unpaired) electrons. The van der Waals surface area contributed by atoms with Gasteiger partial charge in [0.15, 0.2) is 11.5 Å². The van der Waals surface area contributed by atoms with Crippen molar-refractivity contribution in [1.82, 2.24) is 20.4 Å². The van der Waals surface area contributed by atoms with E-state index in [2.05, 4.69) is 15.5 Å². The first-order valence-electron chi connectivity index (χ1n) is 7.95. The van der Waals surface area contributed by atoms with Crippen LogP contribution in [0.1, 0.15) is 37.7 Å². The second kappa shape index (κ2) is 7.02. The lowest BCUT2D eigenvalue weighted by Gasteiger charge is -2.22. The topological polar surface area (TPSA) is 87.7 Å². The molecular formula is C16H25N5O3. The van der Waals surface area contributed by atoms with E-state index < -0.39 is 11.7 Å². The minimum atomic E-state index is -0.540. The number of nitrogens with one attached hydrogen (secondary N) is 1.